The summed E-state index contributed by atoms with van der Waals surface area (Å²) in [4.78, 5) is 30.0. The number of nitrogens with zero attached hydrogens (tertiary/aromatic N) is 4. The van der Waals surface area contributed by atoms with Crippen LogP contribution < -0.4 is 15.5 Å². The minimum Gasteiger partial charge on any atom is -0.368 e. The van der Waals surface area contributed by atoms with Gasteiger partial charge in [0.05, 0.1) is 23.1 Å². The molecule has 1 fully saturated rings. The van der Waals surface area contributed by atoms with E-state index in [2.05, 4.69) is 60.6 Å². The van der Waals surface area contributed by atoms with Crippen molar-refractivity contribution >= 4 is 34.1 Å². The number of H-pyrrole nitrogens is 1. The van der Waals surface area contributed by atoms with Gasteiger partial charge in [-0.25, -0.2) is 9.97 Å². The second-order valence-electron chi connectivity index (χ2n) is 9.04. The highest BCUT2D eigenvalue weighted by molar-refractivity contribution is 6.08. The van der Waals surface area contributed by atoms with Crippen molar-refractivity contribution in [2.24, 2.45) is 0 Å². The van der Waals surface area contributed by atoms with Crippen LogP contribution in [-0.4, -0.2) is 59.0 Å². The maximum Gasteiger partial charge on any atom is 0.254 e. The van der Waals surface area contributed by atoms with Crippen LogP contribution in [0.3, 0.4) is 0 Å². The lowest BCUT2D eigenvalue weighted by Gasteiger charge is -2.33. The summed E-state index contributed by atoms with van der Waals surface area (Å²) in [5.74, 6) is 0.657. The van der Waals surface area contributed by atoms with Crippen LogP contribution in [0.5, 0.6) is 0 Å². The van der Waals surface area contributed by atoms with Crippen LogP contribution in [0.15, 0.2) is 48.8 Å². The van der Waals surface area contributed by atoms with E-state index < -0.39 is 0 Å². The Kier molecular flexibility index (Phi) is 4.95. The summed E-state index contributed by atoms with van der Waals surface area (Å²) in [6, 6.07) is 12.1. The Morgan fingerprint density at radius 3 is 2.65 bits per heavy atom. The van der Waals surface area contributed by atoms with Crippen molar-refractivity contribution in [3.8, 4) is 11.1 Å². The number of aromatic amines is 1. The predicted octanol–water partition coefficient (Wildman–Crippen LogP) is 3.67. The first kappa shape index (κ1) is 20.7. The van der Waals surface area contributed by atoms with Crippen LogP contribution in [0.2, 0.25) is 0 Å². The van der Waals surface area contributed by atoms with E-state index in [0.717, 1.165) is 76.8 Å². The van der Waals surface area contributed by atoms with Crippen molar-refractivity contribution in [3.05, 3.63) is 65.6 Å². The van der Waals surface area contributed by atoms with E-state index >= 15 is 0 Å². The van der Waals surface area contributed by atoms with Gasteiger partial charge in [0.15, 0.2) is 0 Å². The molecule has 0 unspecified atom stereocenters. The van der Waals surface area contributed by atoms with Gasteiger partial charge in [-0.05, 0) is 55.4 Å². The van der Waals surface area contributed by atoms with Gasteiger partial charge in [-0.1, -0.05) is 6.07 Å². The van der Waals surface area contributed by atoms with E-state index in [9.17, 15) is 4.79 Å². The molecule has 4 aromatic rings. The first-order valence-corrected chi connectivity index (χ1v) is 11.6. The number of amides is 1. The number of likely N-dealkylation sites (N-methyl/N-ethyl adjacent to an activating group) is 1. The highest BCUT2D eigenvalue weighted by Gasteiger charge is 2.28. The number of carbonyl (C=O) groups excluding carboxylic acids is 1. The van der Waals surface area contributed by atoms with Crippen molar-refractivity contribution in [1.29, 1.82) is 0 Å². The van der Waals surface area contributed by atoms with E-state index in [1.807, 2.05) is 31.3 Å². The molecule has 0 atom stereocenters. The number of piperazine rings is 1. The summed E-state index contributed by atoms with van der Waals surface area (Å²) in [6.45, 7) is 6.66. The number of hydrogen-bond acceptors (Lipinski definition) is 6. The Morgan fingerprint density at radius 1 is 1.00 bits per heavy atom. The van der Waals surface area contributed by atoms with Crippen molar-refractivity contribution in [3.63, 3.8) is 0 Å². The third-order valence-corrected chi connectivity index (χ3v) is 6.87. The number of hydrogen-bond donors (Lipinski definition) is 3. The normalized spacial score (nSPS) is 16.1. The molecule has 5 heterocycles. The molecule has 0 bridgehead atoms. The highest BCUT2D eigenvalue weighted by atomic mass is 16.1. The molecule has 172 valence electrons. The van der Waals surface area contributed by atoms with E-state index in [0.29, 0.717) is 12.1 Å². The zero-order valence-electron chi connectivity index (χ0n) is 19.4. The van der Waals surface area contributed by atoms with Gasteiger partial charge in [-0.3, -0.25) is 4.79 Å². The van der Waals surface area contributed by atoms with Crippen LogP contribution >= 0.6 is 0 Å². The molecule has 1 amide bonds. The Labute approximate surface area is 198 Å². The quantitative estimate of drug-likeness (QED) is 0.437. The van der Waals surface area contributed by atoms with Crippen molar-refractivity contribution < 1.29 is 4.79 Å². The molecule has 6 rings (SSSR count). The van der Waals surface area contributed by atoms with Gasteiger partial charge in [-0.2, -0.15) is 0 Å². The largest absolute Gasteiger partial charge is 0.368 e. The number of fused-ring (bicyclic) bond motifs is 2. The Hall–Kier alpha value is -3.91. The Bertz CT molecular complexity index is 1380. The number of anilines is 3. The van der Waals surface area contributed by atoms with Crippen LogP contribution in [0, 0.1) is 6.92 Å². The molecule has 2 aliphatic rings. The SMILES string of the molecule is Cc1[nH]c2ncccc2c1-c1ccc(Nc2ccc(N3CCN(C)CC3)cn2)c2c1CNC2=O. The molecule has 34 heavy (non-hydrogen) atoms. The van der Waals surface area contributed by atoms with Gasteiger partial charge < -0.3 is 25.4 Å². The van der Waals surface area contributed by atoms with E-state index in [1.165, 1.54) is 0 Å². The van der Waals surface area contributed by atoms with Crippen molar-refractivity contribution in [1.82, 2.24) is 25.2 Å². The van der Waals surface area contributed by atoms with Gasteiger partial charge in [0.2, 0.25) is 0 Å². The van der Waals surface area contributed by atoms with Crippen molar-refractivity contribution in [2.45, 2.75) is 13.5 Å². The van der Waals surface area contributed by atoms with Crippen LogP contribution in [-0.2, 0) is 6.54 Å². The highest BCUT2D eigenvalue weighted by Crippen LogP contribution is 2.39. The van der Waals surface area contributed by atoms with Crippen LogP contribution in [0.1, 0.15) is 21.6 Å². The second-order valence-corrected chi connectivity index (χ2v) is 9.04. The summed E-state index contributed by atoms with van der Waals surface area (Å²) < 4.78 is 0. The average molecular weight is 454 g/mol. The molecule has 3 N–H and O–H groups in total. The lowest BCUT2D eigenvalue weighted by molar-refractivity contribution is 0.0966. The molecule has 0 aliphatic carbocycles. The minimum atomic E-state index is -0.0657. The van der Waals surface area contributed by atoms with Gasteiger partial charge in [0, 0.05) is 55.6 Å². The number of benzene rings is 1. The molecule has 2 aliphatic heterocycles. The van der Waals surface area contributed by atoms with Gasteiger partial charge >= 0.3 is 0 Å². The van der Waals surface area contributed by atoms with Crippen LogP contribution in [0.4, 0.5) is 17.2 Å². The summed E-state index contributed by atoms with van der Waals surface area (Å²) in [6.07, 6.45) is 3.69. The van der Waals surface area contributed by atoms with Gasteiger partial charge in [0.25, 0.3) is 5.91 Å². The summed E-state index contributed by atoms with van der Waals surface area (Å²) in [5.41, 5.74) is 7.61. The van der Waals surface area contributed by atoms with E-state index in [-0.39, 0.29) is 5.91 Å². The number of aryl methyl sites for hydroxylation is 1. The first-order chi connectivity index (χ1) is 16.6. The number of pyridine rings is 2. The molecule has 0 radical (unpaired) electrons. The first-order valence-electron chi connectivity index (χ1n) is 11.6. The topological polar surface area (TPSA) is 89.2 Å². The monoisotopic (exact) mass is 453 g/mol. The fourth-order valence-corrected chi connectivity index (χ4v) is 5.03. The molecule has 1 aromatic carbocycles. The third-order valence-electron chi connectivity index (χ3n) is 6.87. The third kappa shape index (κ3) is 3.47. The molecule has 3 aromatic heterocycles. The lowest BCUT2D eigenvalue weighted by Crippen LogP contribution is -2.44. The summed E-state index contributed by atoms with van der Waals surface area (Å²) in [5, 5.41) is 7.44. The number of rotatable bonds is 4. The van der Waals surface area contributed by atoms with E-state index in [4.69, 9.17) is 0 Å². The maximum atomic E-state index is 12.8. The number of aromatic nitrogens is 3. The van der Waals surface area contributed by atoms with Crippen LogP contribution in [0.25, 0.3) is 22.2 Å². The smallest absolute Gasteiger partial charge is 0.254 e. The summed E-state index contributed by atoms with van der Waals surface area (Å²) >= 11 is 0. The second kappa shape index (κ2) is 8.14. The molecule has 8 nitrogen and oxygen atoms in total. The molecular formula is C26H27N7O. The fourth-order valence-electron chi connectivity index (χ4n) is 5.03. The Morgan fingerprint density at radius 2 is 1.85 bits per heavy atom. The number of nitrogens with one attached hydrogen (secondary N) is 3. The van der Waals surface area contributed by atoms with Gasteiger partial charge in [-0.15, -0.1) is 0 Å². The lowest BCUT2D eigenvalue weighted by atomic mass is 9.94. The van der Waals surface area contributed by atoms with E-state index in [1.54, 1.807) is 6.20 Å². The number of carbonyl (C=O) groups is 1. The Balaban J connectivity index is 1.33. The van der Waals surface area contributed by atoms with Crippen molar-refractivity contribution in [2.75, 3.05) is 43.4 Å². The maximum absolute atomic E-state index is 12.8. The average Bonchev–Trinajstić information content (AvgIpc) is 3.40. The molecule has 8 heteroatoms. The standard InChI is InChI=1S/C26H27N7O/c1-16-23(19-4-3-9-27-25(19)30-16)18-6-7-21(24-20(18)15-29-26(24)34)31-22-8-5-17(14-28-22)33-12-10-32(2)11-13-33/h3-9,14H,10-13,15H2,1-2H3,(H,27,30)(H,28,31)(H,29,34). The fraction of sp³-hybridized carbons (Fsp3) is 0.269. The molecule has 1 saturated heterocycles. The van der Waals surface area contributed by atoms with Gasteiger partial charge in [0.1, 0.15) is 11.5 Å². The molecule has 0 spiro atoms. The zero-order valence-corrected chi connectivity index (χ0v) is 19.4. The predicted molar refractivity (Wildman–Crippen MR) is 135 cm³/mol. The minimum absolute atomic E-state index is 0.0657. The molecule has 0 saturated carbocycles. The summed E-state index contributed by atoms with van der Waals surface area (Å²) in [7, 11) is 2.15. The zero-order chi connectivity index (χ0) is 23.2. The molecular weight excluding hydrogens is 426 g/mol.